The Balaban J connectivity index is 3.07. The van der Waals surface area contributed by atoms with Gasteiger partial charge in [0, 0.05) is 11.6 Å². The molecule has 0 saturated heterocycles. The van der Waals surface area contributed by atoms with Gasteiger partial charge in [0.1, 0.15) is 5.75 Å². The quantitative estimate of drug-likeness (QED) is 0.682. The summed E-state index contributed by atoms with van der Waals surface area (Å²) >= 11 is 0. The number of carboxylic acid groups (broad SMARTS) is 1. The first-order chi connectivity index (χ1) is 6.56. The molecular formula is C10H13NO3. The first-order valence-electron chi connectivity index (χ1n) is 4.38. The molecule has 0 unspecified atom stereocenters. The number of nitrogens with two attached hydrogens (primary N) is 1. The van der Waals surface area contributed by atoms with Gasteiger partial charge >= 0.3 is 5.97 Å². The largest absolute Gasteiger partial charge is 0.508 e. The molecule has 0 radical (unpaired) electrons. The maximum atomic E-state index is 10.6. The third-order valence-electron chi connectivity index (χ3n) is 2.12. The maximum Gasteiger partial charge on any atom is 0.335 e. The molecule has 0 spiro atoms. The van der Waals surface area contributed by atoms with Crippen molar-refractivity contribution in [2.24, 2.45) is 5.73 Å². The maximum absolute atomic E-state index is 10.6. The fourth-order valence-electron chi connectivity index (χ4n) is 1.21. The third-order valence-corrected chi connectivity index (χ3v) is 2.12. The van der Waals surface area contributed by atoms with Crippen molar-refractivity contribution >= 4 is 5.97 Å². The normalized spacial score (nSPS) is 12.4. The summed E-state index contributed by atoms with van der Waals surface area (Å²) in [5.41, 5.74) is 6.36. The second-order valence-electron chi connectivity index (χ2n) is 3.09. The SMILES string of the molecule is CC[C@@H](N)c1ccc(C(=O)O)cc1O. The molecule has 0 bridgehead atoms. The van der Waals surface area contributed by atoms with Crippen LogP contribution in [0.25, 0.3) is 0 Å². The van der Waals surface area contributed by atoms with Crippen LogP contribution in [-0.4, -0.2) is 16.2 Å². The van der Waals surface area contributed by atoms with E-state index in [9.17, 15) is 9.90 Å². The molecule has 4 nitrogen and oxygen atoms in total. The van der Waals surface area contributed by atoms with Gasteiger partial charge in [0.05, 0.1) is 5.56 Å². The molecule has 0 aromatic heterocycles. The Morgan fingerprint density at radius 2 is 2.21 bits per heavy atom. The zero-order valence-corrected chi connectivity index (χ0v) is 7.90. The van der Waals surface area contributed by atoms with Crippen LogP contribution in [0.1, 0.15) is 35.3 Å². The number of hydrogen-bond donors (Lipinski definition) is 3. The van der Waals surface area contributed by atoms with E-state index in [1.54, 1.807) is 6.07 Å². The number of aromatic hydroxyl groups is 1. The van der Waals surface area contributed by atoms with Crippen molar-refractivity contribution in [2.75, 3.05) is 0 Å². The van der Waals surface area contributed by atoms with E-state index >= 15 is 0 Å². The number of phenols is 1. The van der Waals surface area contributed by atoms with Crippen LogP contribution in [0.5, 0.6) is 5.75 Å². The minimum Gasteiger partial charge on any atom is -0.508 e. The van der Waals surface area contributed by atoms with Gasteiger partial charge in [0.25, 0.3) is 0 Å². The van der Waals surface area contributed by atoms with E-state index in [1.165, 1.54) is 12.1 Å². The van der Waals surface area contributed by atoms with Crippen LogP contribution in [0.4, 0.5) is 0 Å². The van der Waals surface area contributed by atoms with Gasteiger partial charge < -0.3 is 15.9 Å². The highest BCUT2D eigenvalue weighted by molar-refractivity contribution is 5.88. The van der Waals surface area contributed by atoms with Crippen molar-refractivity contribution in [1.29, 1.82) is 0 Å². The number of carbonyl (C=O) groups is 1. The Bertz CT molecular complexity index is 349. The number of phenolic OH excluding ortho intramolecular Hbond substituents is 1. The Morgan fingerprint density at radius 1 is 1.57 bits per heavy atom. The van der Waals surface area contributed by atoms with Gasteiger partial charge in [-0.15, -0.1) is 0 Å². The summed E-state index contributed by atoms with van der Waals surface area (Å²) in [7, 11) is 0. The fraction of sp³-hybridized carbons (Fsp3) is 0.300. The summed E-state index contributed by atoms with van der Waals surface area (Å²) in [6, 6.07) is 3.95. The fourth-order valence-corrected chi connectivity index (χ4v) is 1.21. The van der Waals surface area contributed by atoms with E-state index in [2.05, 4.69) is 0 Å². The smallest absolute Gasteiger partial charge is 0.335 e. The monoisotopic (exact) mass is 195 g/mol. The second kappa shape index (κ2) is 4.11. The highest BCUT2D eigenvalue weighted by Gasteiger charge is 2.11. The number of benzene rings is 1. The molecule has 1 rings (SSSR count). The summed E-state index contributed by atoms with van der Waals surface area (Å²) in [5.74, 6) is -1.11. The highest BCUT2D eigenvalue weighted by atomic mass is 16.4. The number of carboxylic acids is 1. The van der Waals surface area contributed by atoms with E-state index in [0.29, 0.717) is 12.0 Å². The Labute approximate surface area is 82.0 Å². The van der Waals surface area contributed by atoms with Gasteiger partial charge in [0.15, 0.2) is 0 Å². The molecule has 14 heavy (non-hydrogen) atoms. The van der Waals surface area contributed by atoms with E-state index < -0.39 is 5.97 Å². The van der Waals surface area contributed by atoms with Crippen molar-refractivity contribution < 1.29 is 15.0 Å². The van der Waals surface area contributed by atoms with Crippen LogP contribution in [0.15, 0.2) is 18.2 Å². The average molecular weight is 195 g/mol. The Kier molecular flexibility index (Phi) is 3.09. The number of aromatic carboxylic acids is 1. The highest BCUT2D eigenvalue weighted by Crippen LogP contribution is 2.25. The molecule has 4 N–H and O–H groups in total. The average Bonchev–Trinajstić information content (AvgIpc) is 2.16. The first kappa shape index (κ1) is 10.5. The Hall–Kier alpha value is -1.55. The van der Waals surface area contributed by atoms with Crippen molar-refractivity contribution in [1.82, 2.24) is 0 Å². The standard InChI is InChI=1S/C10H13NO3/c1-2-8(11)7-4-3-6(10(13)14)5-9(7)12/h3-5,8,12H,2,11H2,1H3,(H,13,14)/t8-/m1/s1. The summed E-state index contributed by atoms with van der Waals surface area (Å²) in [5, 5.41) is 18.2. The lowest BCUT2D eigenvalue weighted by molar-refractivity contribution is 0.0696. The van der Waals surface area contributed by atoms with Gasteiger partial charge in [-0.3, -0.25) is 0 Å². The van der Waals surface area contributed by atoms with Crippen LogP contribution in [-0.2, 0) is 0 Å². The van der Waals surface area contributed by atoms with Gasteiger partial charge in [0.2, 0.25) is 0 Å². The van der Waals surface area contributed by atoms with Crippen LogP contribution in [0.2, 0.25) is 0 Å². The van der Waals surface area contributed by atoms with E-state index in [4.69, 9.17) is 10.8 Å². The molecule has 0 heterocycles. The molecule has 4 heteroatoms. The third kappa shape index (κ3) is 2.03. The Morgan fingerprint density at radius 3 is 2.64 bits per heavy atom. The van der Waals surface area contributed by atoms with Crippen molar-refractivity contribution in [3.8, 4) is 5.75 Å². The summed E-state index contributed by atoms with van der Waals surface area (Å²) in [4.78, 5) is 10.6. The molecule has 0 aliphatic rings. The first-order valence-corrected chi connectivity index (χ1v) is 4.38. The minimum absolute atomic E-state index is 0.0562. The van der Waals surface area contributed by atoms with Gasteiger partial charge in [-0.1, -0.05) is 13.0 Å². The lowest BCUT2D eigenvalue weighted by Crippen LogP contribution is -2.09. The topological polar surface area (TPSA) is 83.6 Å². The molecule has 1 aromatic rings. The van der Waals surface area contributed by atoms with Crippen LogP contribution < -0.4 is 5.73 Å². The predicted molar refractivity (Wildman–Crippen MR) is 52.3 cm³/mol. The minimum atomic E-state index is -1.06. The summed E-state index contributed by atoms with van der Waals surface area (Å²) in [6.45, 7) is 1.90. The number of rotatable bonds is 3. The lowest BCUT2D eigenvalue weighted by atomic mass is 10.0. The van der Waals surface area contributed by atoms with Crippen LogP contribution in [0.3, 0.4) is 0 Å². The van der Waals surface area contributed by atoms with E-state index in [0.717, 1.165) is 0 Å². The van der Waals surface area contributed by atoms with Gasteiger partial charge in [-0.25, -0.2) is 4.79 Å². The van der Waals surface area contributed by atoms with Crippen LogP contribution >= 0.6 is 0 Å². The molecule has 0 aliphatic heterocycles. The van der Waals surface area contributed by atoms with Crippen molar-refractivity contribution in [2.45, 2.75) is 19.4 Å². The molecule has 0 aliphatic carbocycles. The number of hydrogen-bond acceptors (Lipinski definition) is 3. The summed E-state index contributed by atoms with van der Waals surface area (Å²) < 4.78 is 0. The molecule has 1 atom stereocenters. The van der Waals surface area contributed by atoms with E-state index in [1.807, 2.05) is 6.92 Å². The zero-order valence-electron chi connectivity index (χ0n) is 7.90. The summed E-state index contributed by atoms with van der Waals surface area (Å²) in [6.07, 6.45) is 0.694. The second-order valence-corrected chi connectivity index (χ2v) is 3.09. The molecule has 0 amide bonds. The van der Waals surface area contributed by atoms with Crippen LogP contribution in [0, 0.1) is 0 Å². The molecule has 0 saturated carbocycles. The van der Waals surface area contributed by atoms with Crippen molar-refractivity contribution in [3.63, 3.8) is 0 Å². The zero-order chi connectivity index (χ0) is 10.7. The molecule has 0 fully saturated rings. The molecule has 1 aromatic carbocycles. The van der Waals surface area contributed by atoms with Gasteiger partial charge in [-0.2, -0.15) is 0 Å². The molecule has 76 valence electrons. The molecular weight excluding hydrogens is 182 g/mol. The van der Waals surface area contributed by atoms with E-state index in [-0.39, 0.29) is 17.4 Å². The van der Waals surface area contributed by atoms with Crippen molar-refractivity contribution in [3.05, 3.63) is 29.3 Å². The van der Waals surface area contributed by atoms with Gasteiger partial charge in [-0.05, 0) is 18.6 Å². The predicted octanol–water partition coefficient (Wildman–Crippen LogP) is 1.50. The lowest BCUT2D eigenvalue weighted by Gasteiger charge is -2.11.